The molecule has 0 bridgehead atoms. The Morgan fingerprint density at radius 2 is 1.52 bits per heavy atom. The Morgan fingerprint density at radius 3 is 2.13 bits per heavy atom. The number of unbranched alkanes of at least 4 members (excludes halogenated alkanes) is 7. The summed E-state index contributed by atoms with van der Waals surface area (Å²) >= 11 is 0. The molecule has 2 heteroatoms. The number of carbonyl (C=O) groups excluding carboxylic acids is 2. The van der Waals surface area contributed by atoms with E-state index in [0.717, 1.165) is 36.0 Å². The molecule has 2 nitrogen and oxygen atoms in total. The minimum Gasteiger partial charge on any atom is -0.286 e. The second-order valence-electron chi connectivity index (χ2n) is 6.71. The molecule has 0 aromatic rings. The summed E-state index contributed by atoms with van der Waals surface area (Å²) < 4.78 is 0. The Kier molecular flexibility index (Phi) is 9.51. The molecule has 0 unspecified atom stereocenters. The number of allylic oxidation sites excluding steroid dienone is 5. The molecule has 0 fully saturated rings. The number of hydrogen-bond acceptors (Lipinski definition) is 2. The molecule has 0 saturated carbocycles. The van der Waals surface area contributed by atoms with Crippen LogP contribution >= 0.6 is 0 Å². The van der Waals surface area contributed by atoms with E-state index < -0.39 is 0 Å². The highest BCUT2D eigenvalue weighted by Crippen LogP contribution is 2.25. The maximum atomic E-state index is 12.1. The van der Waals surface area contributed by atoms with E-state index >= 15 is 0 Å². The van der Waals surface area contributed by atoms with E-state index in [1.54, 1.807) is 0 Å². The van der Waals surface area contributed by atoms with Gasteiger partial charge in [0.15, 0.2) is 0 Å². The molecule has 0 atom stereocenters. The van der Waals surface area contributed by atoms with E-state index in [0.29, 0.717) is 6.42 Å². The molecular weight excluding hydrogens is 284 g/mol. The van der Waals surface area contributed by atoms with Gasteiger partial charge in [-0.1, -0.05) is 63.5 Å². The predicted octanol–water partition coefficient (Wildman–Crippen LogP) is 5.88. The molecule has 0 saturated heterocycles. The van der Waals surface area contributed by atoms with Crippen molar-refractivity contribution in [1.82, 2.24) is 0 Å². The summed E-state index contributed by atoms with van der Waals surface area (Å²) in [4.78, 5) is 23.7. The summed E-state index contributed by atoms with van der Waals surface area (Å²) in [7, 11) is 0. The molecule has 0 radical (unpaired) electrons. The SMILES string of the molecule is C=C(C)CCC1=C(CCCCCCCCCC)C=CC(=O)C1=O. The maximum Gasteiger partial charge on any atom is 0.229 e. The van der Waals surface area contributed by atoms with Crippen molar-refractivity contribution in [2.24, 2.45) is 0 Å². The monoisotopic (exact) mass is 316 g/mol. The first kappa shape index (κ1) is 19.6. The van der Waals surface area contributed by atoms with Crippen LogP contribution in [0.5, 0.6) is 0 Å². The van der Waals surface area contributed by atoms with Crippen molar-refractivity contribution < 1.29 is 9.59 Å². The van der Waals surface area contributed by atoms with Gasteiger partial charge >= 0.3 is 0 Å². The average molecular weight is 316 g/mol. The smallest absolute Gasteiger partial charge is 0.229 e. The van der Waals surface area contributed by atoms with Crippen LogP contribution in [0.25, 0.3) is 0 Å². The lowest BCUT2D eigenvalue weighted by Crippen LogP contribution is -2.19. The van der Waals surface area contributed by atoms with Crippen molar-refractivity contribution in [2.75, 3.05) is 0 Å². The number of ketones is 2. The zero-order valence-corrected chi connectivity index (χ0v) is 15.0. The van der Waals surface area contributed by atoms with Gasteiger partial charge in [-0.2, -0.15) is 0 Å². The van der Waals surface area contributed by atoms with Crippen LogP contribution in [0.2, 0.25) is 0 Å². The standard InChI is InChI=1S/C21H32O2/c1-4-5-6-7-8-9-10-11-12-18-14-16-20(22)21(23)19(18)15-13-17(2)3/h14,16H,2,4-13,15H2,1,3H3. The molecule has 0 aliphatic heterocycles. The van der Waals surface area contributed by atoms with Crippen molar-refractivity contribution >= 4 is 11.6 Å². The molecule has 128 valence electrons. The fourth-order valence-electron chi connectivity index (χ4n) is 2.94. The number of hydrogen-bond donors (Lipinski definition) is 0. The summed E-state index contributed by atoms with van der Waals surface area (Å²) in [6.07, 6.45) is 15.9. The van der Waals surface area contributed by atoms with Crippen LogP contribution in [0.4, 0.5) is 0 Å². The van der Waals surface area contributed by atoms with Crippen molar-refractivity contribution in [3.05, 3.63) is 35.5 Å². The van der Waals surface area contributed by atoms with Gasteiger partial charge in [-0.3, -0.25) is 9.59 Å². The topological polar surface area (TPSA) is 34.1 Å². The van der Waals surface area contributed by atoms with Gasteiger partial charge in [0.2, 0.25) is 11.6 Å². The van der Waals surface area contributed by atoms with Gasteiger partial charge in [-0.05, 0) is 44.3 Å². The third kappa shape index (κ3) is 7.58. The third-order valence-corrected chi connectivity index (χ3v) is 4.42. The lowest BCUT2D eigenvalue weighted by Gasteiger charge is -2.14. The zero-order valence-electron chi connectivity index (χ0n) is 15.0. The molecule has 0 heterocycles. The van der Waals surface area contributed by atoms with Crippen molar-refractivity contribution in [2.45, 2.75) is 84.5 Å². The highest BCUT2D eigenvalue weighted by atomic mass is 16.2. The van der Waals surface area contributed by atoms with Gasteiger partial charge in [0, 0.05) is 5.57 Å². The van der Waals surface area contributed by atoms with Gasteiger partial charge in [-0.25, -0.2) is 0 Å². The maximum absolute atomic E-state index is 12.1. The summed E-state index contributed by atoms with van der Waals surface area (Å²) in [5.41, 5.74) is 2.85. The number of Topliss-reactive ketones (excluding diaryl/α,β-unsaturated/α-hetero) is 1. The normalized spacial score (nSPS) is 14.7. The molecule has 1 aliphatic rings. The molecule has 1 aliphatic carbocycles. The first-order chi connectivity index (χ1) is 11.1. The highest BCUT2D eigenvalue weighted by molar-refractivity contribution is 6.48. The van der Waals surface area contributed by atoms with Gasteiger partial charge in [0.25, 0.3) is 0 Å². The predicted molar refractivity (Wildman–Crippen MR) is 97.5 cm³/mol. The molecule has 0 aromatic heterocycles. The highest BCUT2D eigenvalue weighted by Gasteiger charge is 2.22. The largest absolute Gasteiger partial charge is 0.286 e. The lowest BCUT2D eigenvalue weighted by atomic mass is 9.88. The average Bonchev–Trinajstić information content (AvgIpc) is 2.52. The minimum atomic E-state index is -0.374. The molecule has 0 amide bonds. The Hall–Kier alpha value is -1.44. The van der Waals surface area contributed by atoms with Crippen LogP contribution in [0.3, 0.4) is 0 Å². The lowest BCUT2D eigenvalue weighted by molar-refractivity contribution is -0.131. The van der Waals surface area contributed by atoms with Crippen LogP contribution < -0.4 is 0 Å². The van der Waals surface area contributed by atoms with E-state index in [9.17, 15) is 9.59 Å². The van der Waals surface area contributed by atoms with Crippen molar-refractivity contribution in [1.29, 1.82) is 0 Å². The molecular formula is C21H32O2. The first-order valence-electron chi connectivity index (χ1n) is 9.19. The van der Waals surface area contributed by atoms with Crippen molar-refractivity contribution in [3.8, 4) is 0 Å². The Morgan fingerprint density at radius 1 is 0.913 bits per heavy atom. The second kappa shape index (κ2) is 11.2. The van der Waals surface area contributed by atoms with Gasteiger partial charge in [-0.15, -0.1) is 6.58 Å². The van der Waals surface area contributed by atoms with Gasteiger partial charge in [0.1, 0.15) is 0 Å². The Bertz CT molecular complexity index is 480. The first-order valence-corrected chi connectivity index (χ1v) is 9.19. The van der Waals surface area contributed by atoms with E-state index in [1.807, 2.05) is 13.0 Å². The zero-order chi connectivity index (χ0) is 17.1. The molecule has 23 heavy (non-hydrogen) atoms. The molecule has 1 rings (SSSR count). The summed E-state index contributed by atoms with van der Waals surface area (Å²) in [6.45, 7) is 8.09. The number of rotatable bonds is 12. The van der Waals surface area contributed by atoms with E-state index in [4.69, 9.17) is 0 Å². The fraction of sp³-hybridized carbons (Fsp3) is 0.619. The van der Waals surface area contributed by atoms with Crippen LogP contribution in [0, 0.1) is 0 Å². The van der Waals surface area contributed by atoms with E-state index in [2.05, 4.69) is 13.5 Å². The molecule has 0 N–H and O–H groups in total. The van der Waals surface area contributed by atoms with E-state index in [1.165, 1.54) is 51.0 Å². The van der Waals surface area contributed by atoms with Crippen LogP contribution in [0.15, 0.2) is 35.5 Å². The third-order valence-electron chi connectivity index (χ3n) is 4.42. The summed E-state index contributed by atoms with van der Waals surface area (Å²) in [5, 5.41) is 0. The van der Waals surface area contributed by atoms with Crippen LogP contribution in [0.1, 0.15) is 84.5 Å². The quantitative estimate of drug-likeness (QED) is 0.195. The van der Waals surface area contributed by atoms with Crippen molar-refractivity contribution in [3.63, 3.8) is 0 Å². The molecule has 0 spiro atoms. The van der Waals surface area contributed by atoms with Gasteiger partial charge in [0.05, 0.1) is 0 Å². The fourth-order valence-corrected chi connectivity index (χ4v) is 2.94. The number of carbonyl (C=O) groups is 2. The van der Waals surface area contributed by atoms with Gasteiger partial charge < -0.3 is 0 Å². The minimum absolute atomic E-state index is 0.302. The Labute approximate surface area is 141 Å². The van der Waals surface area contributed by atoms with Crippen LogP contribution in [-0.2, 0) is 9.59 Å². The Balaban J connectivity index is 2.41. The molecule has 0 aromatic carbocycles. The summed E-state index contributed by atoms with van der Waals surface area (Å²) in [5.74, 6) is -0.676. The van der Waals surface area contributed by atoms with Crippen LogP contribution in [-0.4, -0.2) is 11.6 Å². The van der Waals surface area contributed by atoms with E-state index in [-0.39, 0.29) is 11.6 Å². The second-order valence-corrected chi connectivity index (χ2v) is 6.71. The summed E-state index contributed by atoms with van der Waals surface area (Å²) in [6, 6.07) is 0.